The summed E-state index contributed by atoms with van der Waals surface area (Å²) in [5.41, 5.74) is 0. The Hall–Kier alpha value is -1.18. The van der Waals surface area contributed by atoms with E-state index in [1.165, 1.54) is 0 Å². The zero-order chi connectivity index (χ0) is 14.7. The second-order valence-corrected chi connectivity index (χ2v) is 4.31. The average Bonchev–Trinajstić information content (AvgIpc) is 2.36. The molecule has 0 aromatic rings. The van der Waals surface area contributed by atoms with Crippen LogP contribution in [0.5, 0.6) is 0 Å². The van der Waals surface area contributed by atoms with Crippen LogP contribution in [0.25, 0.3) is 0 Å². The lowest BCUT2D eigenvalue weighted by molar-refractivity contribution is -0.123. The lowest BCUT2D eigenvalue weighted by Crippen LogP contribution is -2.48. The van der Waals surface area contributed by atoms with Crippen molar-refractivity contribution in [3.8, 4) is 0 Å². The van der Waals surface area contributed by atoms with Crippen LogP contribution in [-0.2, 0) is 19.1 Å². The standard InChI is InChI=1S/C12H25N3O4/c1-9(8-19-4)15-11(16)7-14-10(2)12(17)13-5-6-18-3/h9-10,14H,5-8H2,1-4H3,(H,13,17)(H,15,16). The first-order chi connectivity index (χ1) is 9.01. The van der Waals surface area contributed by atoms with Crippen LogP contribution >= 0.6 is 0 Å². The third-order valence-electron chi connectivity index (χ3n) is 2.39. The Morgan fingerprint density at radius 3 is 2.42 bits per heavy atom. The van der Waals surface area contributed by atoms with Gasteiger partial charge in [-0.05, 0) is 13.8 Å². The Morgan fingerprint density at radius 1 is 1.16 bits per heavy atom. The summed E-state index contributed by atoms with van der Waals surface area (Å²) in [5.74, 6) is -0.323. The van der Waals surface area contributed by atoms with Crippen LogP contribution in [0.3, 0.4) is 0 Å². The van der Waals surface area contributed by atoms with E-state index >= 15 is 0 Å². The highest BCUT2D eigenvalue weighted by Gasteiger charge is 2.13. The number of hydrogen-bond donors (Lipinski definition) is 3. The van der Waals surface area contributed by atoms with Gasteiger partial charge >= 0.3 is 0 Å². The number of amides is 2. The van der Waals surface area contributed by atoms with Crippen LogP contribution in [0.15, 0.2) is 0 Å². The van der Waals surface area contributed by atoms with Gasteiger partial charge in [-0.1, -0.05) is 0 Å². The Bertz CT molecular complexity index is 274. The number of rotatable bonds is 10. The van der Waals surface area contributed by atoms with Gasteiger partial charge in [0.15, 0.2) is 0 Å². The highest BCUT2D eigenvalue weighted by molar-refractivity contribution is 5.83. The molecule has 3 N–H and O–H groups in total. The number of methoxy groups -OCH3 is 2. The van der Waals surface area contributed by atoms with Crippen LogP contribution in [0.1, 0.15) is 13.8 Å². The summed E-state index contributed by atoms with van der Waals surface area (Å²) in [7, 11) is 3.15. The molecule has 0 aliphatic rings. The fourth-order valence-corrected chi connectivity index (χ4v) is 1.39. The second-order valence-electron chi connectivity index (χ2n) is 4.31. The zero-order valence-electron chi connectivity index (χ0n) is 12.1. The summed E-state index contributed by atoms with van der Waals surface area (Å²) < 4.78 is 9.74. The Balaban J connectivity index is 3.79. The highest BCUT2D eigenvalue weighted by atomic mass is 16.5. The second kappa shape index (κ2) is 10.7. The molecule has 0 aromatic heterocycles. The Labute approximate surface area is 114 Å². The van der Waals surface area contributed by atoms with Gasteiger partial charge in [0.25, 0.3) is 0 Å². The van der Waals surface area contributed by atoms with Crippen molar-refractivity contribution in [2.45, 2.75) is 25.9 Å². The third-order valence-corrected chi connectivity index (χ3v) is 2.39. The van der Waals surface area contributed by atoms with Crippen LogP contribution in [0.4, 0.5) is 0 Å². The highest BCUT2D eigenvalue weighted by Crippen LogP contribution is 1.84. The van der Waals surface area contributed by atoms with Gasteiger partial charge in [0.1, 0.15) is 0 Å². The molecule has 2 amide bonds. The number of carbonyl (C=O) groups is 2. The van der Waals surface area contributed by atoms with Crippen LogP contribution in [-0.4, -0.2) is 64.4 Å². The maximum absolute atomic E-state index is 11.6. The predicted octanol–water partition coefficient (Wildman–Crippen LogP) is -1.12. The molecule has 7 heteroatoms. The molecule has 2 unspecified atom stereocenters. The molecule has 112 valence electrons. The van der Waals surface area contributed by atoms with E-state index in [1.807, 2.05) is 6.92 Å². The van der Waals surface area contributed by atoms with Crippen molar-refractivity contribution in [2.75, 3.05) is 40.5 Å². The monoisotopic (exact) mass is 275 g/mol. The maximum Gasteiger partial charge on any atom is 0.236 e. The normalized spacial score (nSPS) is 13.7. The van der Waals surface area contributed by atoms with Gasteiger partial charge in [0.05, 0.1) is 25.8 Å². The first-order valence-electron chi connectivity index (χ1n) is 6.29. The summed E-state index contributed by atoms with van der Waals surface area (Å²) in [6, 6.07) is -0.481. The lowest BCUT2D eigenvalue weighted by atomic mass is 10.3. The van der Waals surface area contributed by atoms with Gasteiger partial charge in [-0.15, -0.1) is 0 Å². The first kappa shape index (κ1) is 17.8. The van der Waals surface area contributed by atoms with Crippen molar-refractivity contribution < 1.29 is 19.1 Å². The first-order valence-corrected chi connectivity index (χ1v) is 6.29. The van der Waals surface area contributed by atoms with E-state index in [0.717, 1.165) is 0 Å². The van der Waals surface area contributed by atoms with Crippen molar-refractivity contribution in [2.24, 2.45) is 0 Å². The van der Waals surface area contributed by atoms with Crippen LogP contribution in [0.2, 0.25) is 0 Å². The van der Waals surface area contributed by atoms with Gasteiger partial charge in [-0.3, -0.25) is 14.9 Å². The van der Waals surface area contributed by atoms with Crippen molar-refractivity contribution in [1.29, 1.82) is 0 Å². The van der Waals surface area contributed by atoms with E-state index in [9.17, 15) is 9.59 Å². The van der Waals surface area contributed by atoms with Gasteiger partial charge in [0, 0.05) is 26.8 Å². The van der Waals surface area contributed by atoms with E-state index in [-0.39, 0.29) is 24.4 Å². The molecule has 0 heterocycles. The Kier molecular flexibility index (Phi) is 10.1. The molecule has 2 atom stereocenters. The topological polar surface area (TPSA) is 88.7 Å². The van der Waals surface area contributed by atoms with Crippen molar-refractivity contribution in [3.05, 3.63) is 0 Å². The number of hydrogen-bond acceptors (Lipinski definition) is 5. The summed E-state index contributed by atoms with van der Waals surface area (Å²) in [4.78, 5) is 23.1. The lowest BCUT2D eigenvalue weighted by Gasteiger charge is -2.16. The number of carbonyl (C=O) groups excluding carboxylic acids is 2. The summed E-state index contributed by atoms with van der Waals surface area (Å²) in [5, 5.41) is 8.29. The van der Waals surface area contributed by atoms with Gasteiger partial charge in [0.2, 0.25) is 11.8 Å². The van der Waals surface area contributed by atoms with E-state index in [1.54, 1.807) is 21.1 Å². The molecule has 0 aliphatic carbocycles. The van der Waals surface area contributed by atoms with Crippen molar-refractivity contribution >= 4 is 11.8 Å². The summed E-state index contributed by atoms with van der Waals surface area (Å²) >= 11 is 0. The quantitative estimate of drug-likeness (QED) is 0.439. The molecule has 0 fully saturated rings. The Morgan fingerprint density at radius 2 is 1.84 bits per heavy atom. The van der Waals surface area contributed by atoms with E-state index in [2.05, 4.69) is 16.0 Å². The molecular weight excluding hydrogens is 250 g/mol. The predicted molar refractivity (Wildman–Crippen MR) is 71.8 cm³/mol. The molecule has 0 rings (SSSR count). The summed E-state index contributed by atoms with van der Waals surface area (Å²) in [6.45, 7) is 5.02. The minimum atomic E-state index is -0.430. The molecule has 0 saturated carbocycles. The maximum atomic E-state index is 11.6. The minimum absolute atomic E-state index is 0.0508. The van der Waals surface area contributed by atoms with E-state index < -0.39 is 6.04 Å². The van der Waals surface area contributed by atoms with E-state index in [0.29, 0.717) is 19.8 Å². The molecule has 19 heavy (non-hydrogen) atoms. The van der Waals surface area contributed by atoms with Gasteiger partial charge in [-0.25, -0.2) is 0 Å². The van der Waals surface area contributed by atoms with E-state index in [4.69, 9.17) is 9.47 Å². The van der Waals surface area contributed by atoms with Crippen molar-refractivity contribution in [3.63, 3.8) is 0 Å². The summed E-state index contributed by atoms with van der Waals surface area (Å²) in [6.07, 6.45) is 0. The van der Waals surface area contributed by atoms with Gasteiger partial charge < -0.3 is 20.1 Å². The van der Waals surface area contributed by atoms with Crippen LogP contribution in [0, 0.1) is 0 Å². The fourth-order valence-electron chi connectivity index (χ4n) is 1.39. The zero-order valence-corrected chi connectivity index (χ0v) is 12.1. The average molecular weight is 275 g/mol. The number of nitrogens with one attached hydrogen (secondary N) is 3. The fraction of sp³-hybridized carbons (Fsp3) is 0.833. The molecule has 0 aromatic carbocycles. The molecule has 0 saturated heterocycles. The largest absolute Gasteiger partial charge is 0.383 e. The molecule has 0 bridgehead atoms. The SMILES string of the molecule is COCCNC(=O)C(C)NCC(=O)NC(C)COC. The number of ether oxygens (including phenoxy) is 2. The molecule has 0 radical (unpaired) electrons. The molecule has 0 spiro atoms. The van der Waals surface area contributed by atoms with Crippen LogP contribution < -0.4 is 16.0 Å². The van der Waals surface area contributed by atoms with Gasteiger partial charge in [-0.2, -0.15) is 0 Å². The minimum Gasteiger partial charge on any atom is -0.383 e. The van der Waals surface area contributed by atoms with Crippen molar-refractivity contribution in [1.82, 2.24) is 16.0 Å². The molecule has 0 aliphatic heterocycles. The molecular formula is C12H25N3O4. The smallest absolute Gasteiger partial charge is 0.236 e. The molecule has 7 nitrogen and oxygen atoms in total. The third kappa shape index (κ3) is 9.40.